The van der Waals surface area contributed by atoms with E-state index in [4.69, 9.17) is 4.74 Å². The number of aromatic nitrogens is 1. The van der Waals surface area contributed by atoms with E-state index in [-0.39, 0.29) is 17.8 Å². The second-order valence-corrected chi connectivity index (χ2v) is 8.72. The van der Waals surface area contributed by atoms with Crippen molar-refractivity contribution in [2.75, 3.05) is 5.75 Å². The molecule has 28 heavy (non-hydrogen) atoms. The van der Waals surface area contributed by atoms with Gasteiger partial charge in [-0.2, -0.15) is 0 Å². The number of thioether (sulfide) groups is 1. The fourth-order valence-corrected chi connectivity index (χ4v) is 4.79. The van der Waals surface area contributed by atoms with E-state index in [0.29, 0.717) is 17.9 Å². The molecule has 0 bridgehead atoms. The van der Waals surface area contributed by atoms with E-state index in [2.05, 4.69) is 10.3 Å². The second-order valence-electron chi connectivity index (χ2n) is 6.52. The van der Waals surface area contributed by atoms with Crippen molar-refractivity contribution in [2.24, 2.45) is 0 Å². The number of hydrogen-bond acceptors (Lipinski definition) is 5. The van der Waals surface area contributed by atoms with Gasteiger partial charge < -0.3 is 10.1 Å². The molecule has 2 aromatic carbocycles. The number of carbonyl (C=O) groups is 1. The summed E-state index contributed by atoms with van der Waals surface area (Å²) in [4.78, 5) is 18.0. The predicted molar refractivity (Wildman–Crippen MR) is 110 cm³/mol. The number of nitrogens with one attached hydrogen (secondary N) is 1. The summed E-state index contributed by atoms with van der Waals surface area (Å²) in [6.45, 7) is 2.36. The average Bonchev–Trinajstić information content (AvgIpc) is 3.12. The Balaban J connectivity index is 1.40. The lowest BCUT2D eigenvalue weighted by molar-refractivity contribution is 0.0935. The Labute approximate surface area is 171 Å². The normalized spacial score (nSPS) is 15.7. The maximum Gasteiger partial charge on any atom is 0.251 e. The summed E-state index contributed by atoms with van der Waals surface area (Å²) >= 11 is 3.28. The first-order chi connectivity index (χ1) is 13.6. The Morgan fingerprint density at radius 1 is 1.29 bits per heavy atom. The SMILES string of the molecule is Cc1nc(COc2ccc(C(=O)NC3CCSc4ccc(F)cc43)cc2)cs1. The lowest BCUT2D eigenvalue weighted by Gasteiger charge is -2.26. The standard InChI is InChI=1S/C21H19FN2O2S2/c1-13-23-16(12-28-13)11-26-17-5-2-14(3-6-17)21(25)24-19-8-9-27-20-7-4-15(22)10-18(19)20/h2-7,10,12,19H,8-9,11H2,1H3,(H,24,25). The molecule has 1 N–H and O–H groups in total. The van der Waals surface area contributed by atoms with Crippen molar-refractivity contribution in [3.05, 3.63) is 75.5 Å². The molecule has 144 valence electrons. The number of amides is 1. The largest absolute Gasteiger partial charge is 0.487 e. The van der Waals surface area contributed by atoms with Gasteiger partial charge in [-0.15, -0.1) is 23.1 Å². The molecule has 0 saturated heterocycles. The lowest BCUT2D eigenvalue weighted by atomic mass is 10.0. The number of carbonyl (C=O) groups excluding carboxylic acids is 1. The highest BCUT2D eigenvalue weighted by Crippen LogP contribution is 2.36. The summed E-state index contributed by atoms with van der Waals surface area (Å²) in [5.41, 5.74) is 2.29. The number of aryl methyl sites for hydroxylation is 1. The smallest absolute Gasteiger partial charge is 0.251 e. The summed E-state index contributed by atoms with van der Waals surface area (Å²) < 4.78 is 19.3. The van der Waals surface area contributed by atoms with E-state index in [0.717, 1.165) is 33.3 Å². The van der Waals surface area contributed by atoms with Crippen molar-refractivity contribution in [3.8, 4) is 5.75 Å². The molecule has 0 aliphatic carbocycles. The summed E-state index contributed by atoms with van der Waals surface area (Å²) in [6, 6.07) is 11.6. The van der Waals surface area contributed by atoms with Crippen LogP contribution >= 0.6 is 23.1 Å². The third-order valence-corrected chi connectivity index (χ3v) is 6.43. The zero-order valence-corrected chi connectivity index (χ0v) is 16.9. The van der Waals surface area contributed by atoms with Crippen molar-refractivity contribution in [1.82, 2.24) is 10.3 Å². The van der Waals surface area contributed by atoms with Crippen LogP contribution in [0.3, 0.4) is 0 Å². The van der Waals surface area contributed by atoms with E-state index in [1.54, 1.807) is 53.4 Å². The van der Waals surface area contributed by atoms with Crippen LogP contribution in [0, 0.1) is 12.7 Å². The van der Waals surface area contributed by atoms with Gasteiger partial charge >= 0.3 is 0 Å². The highest BCUT2D eigenvalue weighted by atomic mass is 32.2. The van der Waals surface area contributed by atoms with Crippen molar-refractivity contribution >= 4 is 29.0 Å². The van der Waals surface area contributed by atoms with Crippen LogP contribution < -0.4 is 10.1 Å². The summed E-state index contributed by atoms with van der Waals surface area (Å²) in [7, 11) is 0. The van der Waals surface area contributed by atoms with Gasteiger partial charge in [0.1, 0.15) is 18.2 Å². The van der Waals surface area contributed by atoms with Crippen molar-refractivity contribution < 1.29 is 13.9 Å². The third kappa shape index (κ3) is 4.36. The molecule has 2 heterocycles. The maximum atomic E-state index is 13.6. The first kappa shape index (κ1) is 19.0. The van der Waals surface area contributed by atoms with E-state index in [1.165, 1.54) is 12.1 Å². The van der Waals surface area contributed by atoms with Crippen LogP contribution in [0.1, 0.15) is 39.1 Å². The molecule has 1 amide bonds. The van der Waals surface area contributed by atoms with E-state index in [9.17, 15) is 9.18 Å². The molecule has 0 fully saturated rings. The zero-order chi connectivity index (χ0) is 19.5. The Morgan fingerprint density at radius 2 is 2.11 bits per heavy atom. The monoisotopic (exact) mass is 414 g/mol. The number of fused-ring (bicyclic) bond motifs is 1. The van der Waals surface area contributed by atoms with Crippen molar-refractivity contribution in [1.29, 1.82) is 0 Å². The molecule has 4 nitrogen and oxygen atoms in total. The van der Waals surface area contributed by atoms with E-state index in [1.807, 2.05) is 12.3 Å². The fourth-order valence-electron chi connectivity index (χ4n) is 3.09. The van der Waals surface area contributed by atoms with Gasteiger partial charge in [-0.3, -0.25) is 4.79 Å². The Bertz CT molecular complexity index is 988. The van der Waals surface area contributed by atoms with Gasteiger partial charge in [0.15, 0.2) is 0 Å². The first-order valence-electron chi connectivity index (χ1n) is 8.95. The van der Waals surface area contributed by atoms with Gasteiger partial charge in [-0.05, 0) is 61.4 Å². The van der Waals surface area contributed by atoms with Crippen LogP contribution in [-0.4, -0.2) is 16.6 Å². The quantitative estimate of drug-likeness (QED) is 0.628. The molecule has 0 spiro atoms. The Morgan fingerprint density at radius 3 is 2.86 bits per heavy atom. The first-order valence-corrected chi connectivity index (χ1v) is 10.8. The Kier molecular flexibility index (Phi) is 5.64. The molecule has 0 saturated carbocycles. The third-order valence-electron chi connectivity index (χ3n) is 4.49. The number of rotatable bonds is 5. The minimum absolute atomic E-state index is 0.172. The number of ether oxygens (including phenoxy) is 1. The molecule has 1 atom stereocenters. The summed E-state index contributed by atoms with van der Waals surface area (Å²) in [5, 5.41) is 6.01. The maximum absolute atomic E-state index is 13.6. The molecular weight excluding hydrogens is 395 g/mol. The number of thiazole rings is 1. The average molecular weight is 415 g/mol. The highest BCUT2D eigenvalue weighted by molar-refractivity contribution is 7.99. The van der Waals surface area contributed by atoms with Crippen LogP contribution in [-0.2, 0) is 6.61 Å². The van der Waals surface area contributed by atoms with Crippen molar-refractivity contribution in [3.63, 3.8) is 0 Å². The molecule has 1 aliphatic heterocycles. The minimum Gasteiger partial charge on any atom is -0.487 e. The van der Waals surface area contributed by atoms with Crippen LogP contribution in [0.4, 0.5) is 4.39 Å². The van der Waals surface area contributed by atoms with Gasteiger partial charge in [-0.1, -0.05) is 0 Å². The van der Waals surface area contributed by atoms with Crippen LogP contribution in [0.25, 0.3) is 0 Å². The molecule has 1 unspecified atom stereocenters. The van der Waals surface area contributed by atoms with Crippen molar-refractivity contribution in [2.45, 2.75) is 30.9 Å². The van der Waals surface area contributed by atoms with Gasteiger partial charge in [0, 0.05) is 21.6 Å². The number of nitrogens with zero attached hydrogens (tertiary/aromatic N) is 1. The fraction of sp³-hybridized carbons (Fsp3) is 0.238. The topological polar surface area (TPSA) is 51.2 Å². The van der Waals surface area contributed by atoms with E-state index < -0.39 is 0 Å². The minimum atomic E-state index is -0.280. The van der Waals surface area contributed by atoms with Gasteiger partial charge in [-0.25, -0.2) is 9.37 Å². The van der Waals surface area contributed by atoms with Gasteiger partial charge in [0.2, 0.25) is 0 Å². The molecule has 1 aromatic heterocycles. The molecule has 3 aromatic rings. The molecule has 7 heteroatoms. The summed E-state index contributed by atoms with van der Waals surface area (Å²) in [5.74, 6) is 1.13. The number of halogens is 1. The number of benzene rings is 2. The summed E-state index contributed by atoms with van der Waals surface area (Å²) in [6.07, 6.45) is 0.779. The van der Waals surface area contributed by atoms with Gasteiger partial charge in [0.05, 0.1) is 16.7 Å². The molecule has 1 aliphatic rings. The predicted octanol–water partition coefficient (Wildman–Crippen LogP) is 5.14. The van der Waals surface area contributed by atoms with Crippen LogP contribution in [0.2, 0.25) is 0 Å². The van der Waals surface area contributed by atoms with Gasteiger partial charge in [0.25, 0.3) is 5.91 Å². The second kappa shape index (κ2) is 8.32. The van der Waals surface area contributed by atoms with Crippen LogP contribution in [0.5, 0.6) is 5.75 Å². The molecule has 4 rings (SSSR count). The van der Waals surface area contributed by atoms with Crippen LogP contribution in [0.15, 0.2) is 52.7 Å². The zero-order valence-electron chi connectivity index (χ0n) is 15.3. The Hall–Kier alpha value is -2.38. The van der Waals surface area contributed by atoms with E-state index >= 15 is 0 Å². The molecule has 0 radical (unpaired) electrons. The number of hydrogen-bond donors (Lipinski definition) is 1. The highest BCUT2D eigenvalue weighted by Gasteiger charge is 2.23. The lowest BCUT2D eigenvalue weighted by Crippen LogP contribution is -2.30. The molecular formula is C21H19FN2O2S2.